The van der Waals surface area contributed by atoms with Crippen molar-refractivity contribution in [3.8, 4) is 44.8 Å². The highest BCUT2D eigenvalue weighted by Crippen LogP contribution is 2.45. The van der Waals surface area contributed by atoms with Gasteiger partial charge in [-0.3, -0.25) is 0 Å². The first-order valence-corrected chi connectivity index (χ1v) is 34.1. The molecule has 8 heteroatoms. The Kier molecular flexibility index (Phi) is 13.2. The van der Waals surface area contributed by atoms with Gasteiger partial charge < -0.3 is 27.2 Å². The quantitative estimate of drug-likeness (QED) is 0.156. The zero-order chi connectivity index (χ0) is 65.5. The lowest BCUT2D eigenvalue weighted by Crippen LogP contribution is -2.41. The van der Waals surface area contributed by atoms with E-state index < -0.39 is 0 Å². The minimum absolute atomic E-state index is 0.370. The van der Waals surface area contributed by atoms with E-state index >= 15 is 0 Å². The fraction of sp³-hybridized carbons (Fsp3) is 0.0667. The fourth-order valence-electron chi connectivity index (χ4n) is 15.7. The van der Waals surface area contributed by atoms with Crippen LogP contribution in [0.5, 0.6) is 0 Å². The smallest absolute Gasteiger partial charge is 0.399 e. The van der Waals surface area contributed by atoms with Gasteiger partial charge in [0.1, 0.15) is 0 Å². The Morgan fingerprint density at radius 1 is 0.255 bits per heavy atom. The van der Waals surface area contributed by atoms with E-state index in [1.165, 1.54) is 159 Å². The molecule has 1 aliphatic heterocycles. The molecule has 0 saturated carbocycles. The maximum Gasteiger partial charge on any atom is 0.494 e. The standard InChI is InChI=1S/C42H26N2.C30H28BNO2.C18H10ClN/c1-3-10-27(11-4-1)28-19-22-39-36(24-28)37-25-29(20-23-40(37)43(39)31-12-5-2-6-13-31)30-18-21-33-35-16-9-15-34-32-14-7-8-17-38(32)44(42(34)35)41(33)26-30;1-29(2)30(3,4)34-31(33-29)23-16-18-28-26(20-23)25-19-22(21-11-7-5-8-12-21)15-17-27(25)32(28)24-13-9-6-10-14-24;19-11-8-9-13-15-6-3-5-14-12-4-1-2-7-16(12)20(18(14)15)17(13)10-11/h1-26H;5-20H,1-4H3;1-10H. The van der Waals surface area contributed by atoms with Gasteiger partial charge in [-0.1, -0.05) is 230 Å². The van der Waals surface area contributed by atoms with Crippen LogP contribution >= 0.6 is 11.6 Å². The molecule has 6 aromatic heterocycles. The van der Waals surface area contributed by atoms with Crippen molar-refractivity contribution in [3.05, 3.63) is 320 Å². The van der Waals surface area contributed by atoms with Gasteiger partial charge in [-0.2, -0.15) is 0 Å². The lowest BCUT2D eigenvalue weighted by molar-refractivity contribution is 0.00578. The Morgan fingerprint density at radius 2 is 0.592 bits per heavy atom. The summed E-state index contributed by atoms with van der Waals surface area (Å²) >= 11 is 6.21. The van der Waals surface area contributed by atoms with Crippen LogP contribution in [0.25, 0.3) is 165 Å². The topological polar surface area (TPSA) is 37.1 Å². The highest BCUT2D eigenvalue weighted by Gasteiger charge is 2.51. The number of fused-ring (bicyclic) bond motifs is 18. The van der Waals surface area contributed by atoms with E-state index in [2.05, 4.69) is 355 Å². The number of nitrogens with zero attached hydrogens (tertiary/aromatic N) is 4. The van der Waals surface area contributed by atoms with E-state index in [9.17, 15) is 0 Å². The van der Waals surface area contributed by atoms with Crippen LogP contribution in [0.3, 0.4) is 0 Å². The summed E-state index contributed by atoms with van der Waals surface area (Å²) in [6, 6.07) is 113. The number of aromatic nitrogens is 4. The predicted octanol–water partition coefficient (Wildman–Crippen LogP) is 23.5. The van der Waals surface area contributed by atoms with Crippen LogP contribution < -0.4 is 5.46 Å². The maximum atomic E-state index is 6.37. The van der Waals surface area contributed by atoms with Crippen molar-refractivity contribution in [1.82, 2.24) is 17.9 Å². The summed E-state index contributed by atoms with van der Waals surface area (Å²) in [7, 11) is -0.387. The second-order valence-electron chi connectivity index (χ2n) is 27.1. The van der Waals surface area contributed by atoms with Crippen molar-refractivity contribution in [3.63, 3.8) is 0 Å². The average Bonchev–Trinajstić information content (AvgIpc) is 1.56. The zero-order valence-electron chi connectivity index (χ0n) is 54.6. The van der Waals surface area contributed by atoms with Crippen LogP contribution in [0, 0.1) is 0 Å². The molecule has 21 rings (SSSR count). The van der Waals surface area contributed by atoms with Gasteiger partial charge in [0.05, 0.1) is 66.4 Å². The Morgan fingerprint density at radius 3 is 1.05 bits per heavy atom. The molecule has 14 aromatic carbocycles. The van der Waals surface area contributed by atoms with Crippen molar-refractivity contribution in [2.75, 3.05) is 0 Å². The zero-order valence-corrected chi connectivity index (χ0v) is 55.3. The summed E-state index contributed by atoms with van der Waals surface area (Å²) in [6.45, 7) is 8.38. The van der Waals surface area contributed by atoms with Crippen molar-refractivity contribution >= 4 is 144 Å². The molecule has 1 aliphatic rings. The van der Waals surface area contributed by atoms with Gasteiger partial charge in [0, 0.05) is 81.0 Å². The highest BCUT2D eigenvalue weighted by molar-refractivity contribution is 6.62. The number of hydrogen-bond donors (Lipinski definition) is 0. The molecular formula is C90H64BClN4O2. The third-order valence-corrected chi connectivity index (χ3v) is 21.3. The molecule has 0 bridgehead atoms. The third-order valence-electron chi connectivity index (χ3n) is 21.1. The molecule has 0 unspecified atom stereocenters. The van der Waals surface area contributed by atoms with Crippen molar-refractivity contribution < 1.29 is 9.31 Å². The SMILES string of the molecule is CC1(C)OB(c2ccc3c(c2)c2cc(-c4ccccc4)ccc2n3-c2ccccc2)OC1(C)C.Clc1ccc2c3cccc4c5ccccc5n(c2c1)c43.c1ccc(-c2ccc3c(c2)c2cc(-c4ccc5c6cccc7c8ccccc8n(c5c4)c76)ccc2n3-c2ccccc2)cc1. The van der Waals surface area contributed by atoms with Crippen molar-refractivity contribution in [2.24, 2.45) is 0 Å². The molecule has 0 N–H and O–H groups in total. The predicted molar refractivity (Wildman–Crippen MR) is 414 cm³/mol. The van der Waals surface area contributed by atoms with Gasteiger partial charge in [-0.05, 0) is 164 Å². The molecule has 6 nitrogen and oxygen atoms in total. The lowest BCUT2D eigenvalue weighted by Gasteiger charge is -2.32. The summed E-state index contributed by atoms with van der Waals surface area (Å²) in [5.41, 5.74) is 22.3. The molecule has 0 spiro atoms. The Balaban J connectivity index is 0.000000110. The third kappa shape index (κ3) is 9.04. The number of halogens is 1. The second-order valence-corrected chi connectivity index (χ2v) is 27.6. The van der Waals surface area contributed by atoms with Gasteiger partial charge in [-0.15, -0.1) is 0 Å². The molecule has 1 fully saturated rings. The van der Waals surface area contributed by atoms with Crippen molar-refractivity contribution in [1.29, 1.82) is 0 Å². The molecule has 466 valence electrons. The van der Waals surface area contributed by atoms with Crippen LogP contribution in [0.1, 0.15) is 27.7 Å². The monoisotopic (exact) mass is 1280 g/mol. The Bertz CT molecular complexity index is 6490. The second kappa shape index (κ2) is 22.3. The van der Waals surface area contributed by atoms with Crippen LogP contribution in [-0.2, 0) is 9.31 Å². The minimum Gasteiger partial charge on any atom is -0.399 e. The lowest BCUT2D eigenvalue weighted by atomic mass is 9.78. The fourth-order valence-corrected chi connectivity index (χ4v) is 15.9. The molecule has 0 atom stereocenters. The van der Waals surface area contributed by atoms with Crippen LogP contribution in [0.2, 0.25) is 5.02 Å². The summed E-state index contributed by atoms with van der Waals surface area (Å²) in [6.07, 6.45) is 0. The van der Waals surface area contributed by atoms with E-state index in [4.69, 9.17) is 20.9 Å². The summed E-state index contributed by atoms with van der Waals surface area (Å²) in [4.78, 5) is 0. The number of benzene rings is 14. The molecule has 98 heavy (non-hydrogen) atoms. The van der Waals surface area contributed by atoms with Gasteiger partial charge >= 0.3 is 7.12 Å². The summed E-state index contributed by atoms with van der Waals surface area (Å²) in [5, 5.41) is 16.1. The summed E-state index contributed by atoms with van der Waals surface area (Å²) < 4.78 is 22.3. The van der Waals surface area contributed by atoms with Gasteiger partial charge in [0.2, 0.25) is 0 Å². The molecule has 0 amide bonds. The van der Waals surface area contributed by atoms with Crippen molar-refractivity contribution in [2.45, 2.75) is 38.9 Å². The molecule has 7 heterocycles. The van der Waals surface area contributed by atoms with E-state index in [1.807, 2.05) is 6.07 Å². The first-order chi connectivity index (χ1) is 48.0. The van der Waals surface area contributed by atoms with Gasteiger partial charge in [-0.25, -0.2) is 0 Å². The molecule has 1 saturated heterocycles. The van der Waals surface area contributed by atoms with E-state index in [0.29, 0.717) is 0 Å². The van der Waals surface area contributed by atoms with E-state index in [1.54, 1.807) is 0 Å². The normalized spacial score (nSPS) is 13.8. The number of rotatable bonds is 6. The first-order valence-electron chi connectivity index (χ1n) is 33.8. The molecule has 0 radical (unpaired) electrons. The maximum absolute atomic E-state index is 6.37. The summed E-state index contributed by atoms with van der Waals surface area (Å²) in [5.74, 6) is 0. The molecule has 20 aromatic rings. The minimum atomic E-state index is -0.387. The number of para-hydroxylation sites is 6. The Labute approximate surface area is 571 Å². The highest BCUT2D eigenvalue weighted by atomic mass is 35.5. The Hall–Kier alpha value is -11.4. The molecule has 0 aliphatic carbocycles. The van der Waals surface area contributed by atoms with Crippen LogP contribution in [0.4, 0.5) is 0 Å². The molecular weight excluding hydrogens is 1220 g/mol. The average molecular weight is 1280 g/mol. The van der Waals surface area contributed by atoms with Crippen LogP contribution in [0.15, 0.2) is 315 Å². The van der Waals surface area contributed by atoms with Gasteiger partial charge in [0.15, 0.2) is 0 Å². The van der Waals surface area contributed by atoms with E-state index in [-0.39, 0.29) is 18.3 Å². The number of hydrogen-bond acceptors (Lipinski definition) is 2. The van der Waals surface area contributed by atoms with Crippen LogP contribution in [-0.4, -0.2) is 36.3 Å². The van der Waals surface area contributed by atoms with Gasteiger partial charge in [0.25, 0.3) is 0 Å². The first kappa shape index (κ1) is 58.0. The van der Waals surface area contributed by atoms with E-state index in [0.717, 1.165) is 16.2 Å². The largest absolute Gasteiger partial charge is 0.494 e.